The molecule has 154 valence electrons. The third kappa shape index (κ3) is 4.46. The van der Waals surface area contributed by atoms with Crippen molar-refractivity contribution in [3.8, 4) is 0 Å². The SMILES string of the molecule is Cc1cc(C)cc(Cc2ccc(/C=C3\C(=O)NC(=O)N(c4ccccc4)C3=O)cc2)c1. The van der Waals surface area contributed by atoms with Gasteiger partial charge in [-0.3, -0.25) is 14.9 Å². The molecule has 3 aromatic rings. The van der Waals surface area contributed by atoms with Crippen LogP contribution in [0.5, 0.6) is 0 Å². The van der Waals surface area contributed by atoms with Gasteiger partial charge in [0.15, 0.2) is 0 Å². The fourth-order valence-electron chi connectivity index (χ4n) is 3.77. The van der Waals surface area contributed by atoms with Crippen molar-refractivity contribution in [1.82, 2.24) is 5.32 Å². The van der Waals surface area contributed by atoms with E-state index in [2.05, 4.69) is 37.4 Å². The quantitative estimate of drug-likeness (QED) is 0.506. The average Bonchev–Trinajstić information content (AvgIpc) is 2.72. The largest absolute Gasteiger partial charge is 0.335 e. The van der Waals surface area contributed by atoms with Crippen LogP contribution < -0.4 is 10.2 Å². The maximum atomic E-state index is 12.9. The second-order valence-corrected chi connectivity index (χ2v) is 7.71. The average molecular weight is 410 g/mol. The first-order chi connectivity index (χ1) is 14.9. The molecule has 5 heteroatoms. The van der Waals surface area contributed by atoms with Crippen molar-refractivity contribution < 1.29 is 14.4 Å². The first-order valence-corrected chi connectivity index (χ1v) is 10.0. The van der Waals surface area contributed by atoms with Crippen LogP contribution in [0, 0.1) is 13.8 Å². The van der Waals surface area contributed by atoms with E-state index in [0.717, 1.165) is 16.9 Å². The third-order valence-corrected chi connectivity index (χ3v) is 5.10. The number of nitrogens with one attached hydrogen (secondary N) is 1. The third-order valence-electron chi connectivity index (χ3n) is 5.10. The van der Waals surface area contributed by atoms with E-state index in [9.17, 15) is 14.4 Å². The number of amides is 4. The topological polar surface area (TPSA) is 66.5 Å². The molecule has 0 aliphatic carbocycles. The van der Waals surface area contributed by atoms with E-state index in [1.165, 1.54) is 22.8 Å². The normalized spacial score (nSPS) is 15.4. The fourth-order valence-corrected chi connectivity index (χ4v) is 3.77. The highest BCUT2D eigenvalue weighted by Gasteiger charge is 2.36. The zero-order valence-electron chi connectivity index (χ0n) is 17.4. The Kier molecular flexibility index (Phi) is 5.50. The molecule has 0 saturated carbocycles. The fraction of sp³-hybridized carbons (Fsp3) is 0.115. The Morgan fingerprint density at radius 1 is 0.806 bits per heavy atom. The highest BCUT2D eigenvalue weighted by atomic mass is 16.2. The Labute approximate surface area is 181 Å². The van der Waals surface area contributed by atoms with Crippen molar-refractivity contribution in [3.05, 3.63) is 106 Å². The monoisotopic (exact) mass is 410 g/mol. The van der Waals surface area contributed by atoms with Gasteiger partial charge in [-0.05, 0) is 55.2 Å². The van der Waals surface area contributed by atoms with Crippen molar-refractivity contribution in [2.24, 2.45) is 0 Å². The molecule has 3 aromatic carbocycles. The van der Waals surface area contributed by atoms with Gasteiger partial charge in [-0.2, -0.15) is 0 Å². The van der Waals surface area contributed by atoms with E-state index in [0.29, 0.717) is 11.3 Å². The van der Waals surface area contributed by atoms with Crippen LogP contribution >= 0.6 is 0 Å². The molecule has 0 bridgehead atoms. The summed E-state index contributed by atoms with van der Waals surface area (Å²) in [4.78, 5) is 38.4. The van der Waals surface area contributed by atoms with Gasteiger partial charge in [0.05, 0.1) is 5.69 Å². The van der Waals surface area contributed by atoms with E-state index in [-0.39, 0.29) is 5.57 Å². The van der Waals surface area contributed by atoms with Crippen LogP contribution in [0.3, 0.4) is 0 Å². The molecular weight excluding hydrogens is 388 g/mol. The maximum Gasteiger partial charge on any atom is 0.335 e. The highest BCUT2D eigenvalue weighted by Crippen LogP contribution is 2.22. The summed E-state index contributed by atoms with van der Waals surface area (Å²) < 4.78 is 0. The molecule has 0 unspecified atom stereocenters. The summed E-state index contributed by atoms with van der Waals surface area (Å²) in [6.07, 6.45) is 2.32. The lowest BCUT2D eigenvalue weighted by atomic mass is 9.99. The smallest absolute Gasteiger partial charge is 0.273 e. The Morgan fingerprint density at radius 3 is 2.10 bits per heavy atom. The van der Waals surface area contributed by atoms with Crippen LogP contribution in [0.4, 0.5) is 10.5 Å². The number of barbiturate groups is 1. The molecule has 31 heavy (non-hydrogen) atoms. The number of hydrogen-bond acceptors (Lipinski definition) is 3. The molecule has 0 radical (unpaired) electrons. The van der Waals surface area contributed by atoms with E-state index < -0.39 is 17.8 Å². The zero-order valence-corrected chi connectivity index (χ0v) is 17.4. The summed E-state index contributed by atoms with van der Waals surface area (Å²) in [5, 5.41) is 2.24. The second-order valence-electron chi connectivity index (χ2n) is 7.71. The Bertz CT molecular complexity index is 1170. The Morgan fingerprint density at radius 2 is 1.45 bits per heavy atom. The minimum atomic E-state index is -0.748. The van der Waals surface area contributed by atoms with E-state index >= 15 is 0 Å². The number of imide groups is 2. The lowest BCUT2D eigenvalue weighted by molar-refractivity contribution is -0.122. The van der Waals surface area contributed by atoms with Gasteiger partial charge < -0.3 is 0 Å². The molecule has 1 aliphatic heterocycles. The maximum absolute atomic E-state index is 12.9. The molecule has 4 rings (SSSR count). The van der Waals surface area contributed by atoms with Crippen LogP contribution in [-0.2, 0) is 16.0 Å². The molecule has 0 aromatic heterocycles. The molecule has 5 nitrogen and oxygen atoms in total. The first kappa shape index (κ1) is 20.3. The van der Waals surface area contributed by atoms with Gasteiger partial charge in [-0.15, -0.1) is 0 Å². The Balaban J connectivity index is 1.57. The number of hydrogen-bond donors (Lipinski definition) is 1. The van der Waals surface area contributed by atoms with Gasteiger partial charge in [-0.25, -0.2) is 9.69 Å². The van der Waals surface area contributed by atoms with Crippen LogP contribution in [-0.4, -0.2) is 17.8 Å². The molecule has 1 saturated heterocycles. The van der Waals surface area contributed by atoms with Gasteiger partial charge in [0.1, 0.15) is 5.57 Å². The van der Waals surface area contributed by atoms with Gasteiger partial charge in [-0.1, -0.05) is 71.8 Å². The number of nitrogens with zero attached hydrogens (tertiary/aromatic N) is 1. The number of anilines is 1. The summed E-state index contributed by atoms with van der Waals surface area (Å²) in [5.41, 5.74) is 5.88. The van der Waals surface area contributed by atoms with Crippen LogP contribution in [0.2, 0.25) is 0 Å². The summed E-state index contributed by atoms with van der Waals surface area (Å²) >= 11 is 0. The van der Waals surface area contributed by atoms with Crippen LogP contribution in [0.15, 0.2) is 78.4 Å². The van der Waals surface area contributed by atoms with Crippen molar-refractivity contribution >= 4 is 29.6 Å². The summed E-state index contributed by atoms with van der Waals surface area (Å²) in [6.45, 7) is 4.17. The van der Waals surface area contributed by atoms with E-state index in [1.54, 1.807) is 30.3 Å². The molecule has 1 fully saturated rings. The minimum absolute atomic E-state index is 0.0782. The molecule has 1 aliphatic rings. The molecule has 0 atom stereocenters. The van der Waals surface area contributed by atoms with Gasteiger partial charge in [0.25, 0.3) is 11.8 Å². The number of benzene rings is 3. The standard InChI is InChI=1S/C26H22N2O3/c1-17-12-18(2)14-21(13-17)15-19-8-10-20(11-9-19)16-23-24(29)27-26(31)28(25(23)30)22-6-4-3-5-7-22/h3-14,16H,15H2,1-2H3,(H,27,29,31)/b23-16+. The van der Waals surface area contributed by atoms with E-state index in [4.69, 9.17) is 0 Å². The molecule has 1 heterocycles. The van der Waals surface area contributed by atoms with Gasteiger partial charge in [0.2, 0.25) is 0 Å². The number of carbonyl (C=O) groups excluding carboxylic acids is 3. The zero-order chi connectivity index (χ0) is 22.0. The number of rotatable bonds is 4. The summed E-state index contributed by atoms with van der Waals surface area (Å²) in [7, 11) is 0. The van der Waals surface area contributed by atoms with Crippen LogP contribution in [0.25, 0.3) is 6.08 Å². The first-order valence-electron chi connectivity index (χ1n) is 10.0. The Hall–Kier alpha value is -3.99. The molecule has 0 spiro atoms. The van der Waals surface area contributed by atoms with Crippen LogP contribution in [0.1, 0.15) is 27.8 Å². The lowest BCUT2D eigenvalue weighted by Crippen LogP contribution is -2.54. The minimum Gasteiger partial charge on any atom is -0.273 e. The van der Waals surface area contributed by atoms with Gasteiger partial charge >= 0.3 is 6.03 Å². The molecule has 1 N–H and O–H groups in total. The number of aryl methyl sites for hydroxylation is 2. The number of urea groups is 1. The number of para-hydroxylation sites is 1. The summed E-state index contributed by atoms with van der Waals surface area (Å²) in [5.74, 6) is -1.33. The van der Waals surface area contributed by atoms with Gasteiger partial charge in [0, 0.05) is 0 Å². The van der Waals surface area contributed by atoms with Crippen molar-refractivity contribution in [1.29, 1.82) is 0 Å². The number of carbonyl (C=O) groups is 3. The molecular formula is C26H22N2O3. The predicted octanol–water partition coefficient (Wildman–Crippen LogP) is 4.56. The predicted molar refractivity (Wildman–Crippen MR) is 121 cm³/mol. The highest BCUT2D eigenvalue weighted by molar-refractivity contribution is 6.39. The van der Waals surface area contributed by atoms with E-state index in [1.807, 2.05) is 24.3 Å². The van der Waals surface area contributed by atoms with Crippen molar-refractivity contribution in [2.75, 3.05) is 4.90 Å². The lowest BCUT2D eigenvalue weighted by Gasteiger charge is -2.26. The van der Waals surface area contributed by atoms with Crippen molar-refractivity contribution in [3.63, 3.8) is 0 Å². The van der Waals surface area contributed by atoms with Crippen molar-refractivity contribution in [2.45, 2.75) is 20.3 Å². The molecule has 4 amide bonds. The summed E-state index contributed by atoms with van der Waals surface area (Å²) in [6, 6.07) is 22.0. The second kappa shape index (κ2) is 8.40.